The van der Waals surface area contributed by atoms with Gasteiger partial charge in [0.1, 0.15) is 30.3 Å². The minimum absolute atomic E-state index is 0.127. The molecule has 0 aliphatic carbocycles. The Balaban J connectivity index is 1.28. The van der Waals surface area contributed by atoms with Crippen LogP contribution in [0.25, 0.3) is 11.3 Å². The van der Waals surface area contributed by atoms with Crippen LogP contribution in [0.15, 0.2) is 54.7 Å². The standard InChI is InChI=1S/C28H32F2N4O3/c29-22-8-9-24(30)23(15-22)25-18-34(17-20-6-2-1-3-7-20)27(32-25)26-14-21(10-13-36-26)16-31-19-37-28(35)33-11-4-5-12-33/h1-3,6-9,15,18,21,26,31H,4-5,10-14,16-17,19H2/t21-,26-/m1/s1. The Labute approximate surface area is 215 Å². The summed E-state index contributed by atoms with van der Waals surface area (Å²) in [6.07, 6.45) is 4.84. The number of carbonyl (C=O) groups excluding carboxylic acids is 1. The Morgan fingerprint density at radius 2 is 1.95 bits per heavy atom. The molecule has 0 spiro atoms. The van der Waals surface area contributed by atoms with Crippen molar-refractivity contribution in [3.8, 4) is 11.3 Å². The number of rotatable bonds is 8. The highest BCUT2D eigenvalue weighted by Gasteiger charge is 2.29. The van der Waals surface area contributed by atoms with Crippen LogP contribution in [-0.4, -0.2) is 53.5 Å². The molecule has 1 amide bonds. The molecule has 0 unspecified atom stereocenters. The highest BCUT2D eigenvalue weighted by Crippen LogP contribution is 2.33. The molecule has 3 aromatic rings. The van der Waals surface area contributed by atoms with Crippen LogP contribution in [0.3, 0.4) is 0 Å². The molecule has 2 saturated heterocycles. The van der Waals surface area contributed by atoms with E-state index in [0.717, 1.165) is 50.0 Å². The topological polar surface area (TPSA) is 68.6 Å². The lowest BCUT2D eigenvalue weighted by Gasteiger charge is -2.29. The molecule has 2 atom stereocenters. The first kappa shape index (κ1) is 25.4. The second-order valence-corrected chi connectivity index (χ2v) is 9.67. The third kappa shape index (κ3) is 6.34. The molecule has 7 nitrogen and oxygen atoms in total. The number of nitrogens with zero attached hydrogens (tertiary/aromatic N) is 3. The average Bonchev–Trinajstić information content (AvgIpc) is 3.60. The van der Waals surface area contributed by atoms with Gasteiger partial charge in [-0.2, -0.15) is 0 Å². The van der Waals surface area contributed by atoms with E-state index in [2.05, 4.69) is 5.32 Å². The van der Waals surface area contributed by atoms with Crippen LogP contribution in [-0.2, 0) is 16.0 Å². The lowest BCUT2D eigenvalue weighted by molar-refractivity contribution is -0.0179. The van der Waals surface area contributed by atoms with Crippen molar-refractivity contribution in [2.24, 2.45) is 5.92 Å². The minimum Gasteiger partial charge on any atom is -0.433 e. The monoisotopic (exact) mass is 510 g/mol. The molecule has 1 aromatic heterocycles. The van der Waals surface area contributed by atoms with Crippen molar-refractivity contribution in [2.75, 3.05) is 33.0 Å². The Morgan fingerprint density at radius 1 is 1.14 bits per heavy atom. The highest BCUT2D eigenvalue weighted by molar-refractivity contribution is 5.67. The molecule has 9 heteroatoms. The van der Waals surface area contributed by atoms with Crippen molar-refractivity contribution in [3.63, 3.8) is 0 Å². The molecule has 0 bridgehead atoms. The van der Waals surface area contributed by atoms with Gasteiger partial charge in [0.05, 0.1) is 5.69 Å². The summed E-state index contributed by atoms with van der Waals surface area (Å²) in [6.45, 7) is 3.47. The predicted octanol–water partition coefficient (Wildman–Crippen LogP) is 5.12. The van der Waals surface area contributed by atoms with Crippen LogP contribution < -0.4 is 5.32 Å². The Morgan fingerprint density at radius 3 is 2.76 bits per heavy atom. The van der Waals surface area contributed by atoms with Crippen molar-refractivity contribution in [1.82, 2.24) is 19.8 Å². The van der Waals surface area contributed by atoms with Gasteiger partial charge in [-0.05, 0) is 55.4 Å². The van der Waals surface area contributed by atoms with Crippen LogP contribution in [0.1, 0.15) is 43.2 Å². The first-order valence-corrected chi connectivity index (χ1v) is 12.9. The lowest BCUT2D eigenvalue weighted by Crippen LogP contribution is -2.35. The van der Waals surface area contributed by atoms with E-state index in [1.165, 1.54) is 6.07 Å². The molecule has 2 aliphatic heterocycles. The van der Waals surface area contributed by atoms with E-state index in [-0.39, 0.29) is 24.5 Å². The van der Waals surface area contributed by atoms with Crippen molar-refractivity contribution < 1.29 is 23.0 Å². The van der Waals surface area contributed by atoms with Gasteiger partial charge in [0.2, 0.25) is 0 Å². The van der Waals surface area contributed by atoms with Crippen LogP contribution in [0.2, 0.25) is 0 Å². The Kier molecular flexibility index (Phi) is 8.11. The molecular formula is C28H32F2N4O3. The van der Waals surface area contributed by atoms with E-state index < -0.39 is 11.6 Å². The molecule has 1 N–H and O–H groups in total. The molecule has 0 radical (unpaired) electrons. The molecule has 5 rings (SSSR count). The Bertz CT molecular complexity index is 1200. The minimum atomic E-state index is -0.521. The SMILES string of the molecule is O=C(OCNC[C@@H]1CCO[C@@H](c2nc(-c3cc(F)ccc3F)cn2Cc2ccccc2)C1)N1CCCC1. The first-order valence-electron chi connectivity index (χ1n) is 12.9. The van der Waals surface area contributed by atoms with Gasteiger partial charge in [-0.3, -0.25) is 5.32 Å². The molecule has 3 heterocycles. The highest BCUT2D eigenvalue weighted by atomic mass is 19.1. The van der Waals surface area contributed by atoms with Crippen LogP contribution in [0, 0.1) is 17.6 Å². The molecule has 2 aliphatic rings. The van der Waals surface area contributed by atoms with Gasteiger partial charge in [-0.25, -0.2) is 18.6 Å². The number of likely N-dealkylation sites (tertiary alicyclic amines) is 1. The summed E-state index contributed by atoms with van der Waals surface area (Å²) in [5.41, 5.74) is 1.57. The summed E-state index contributed by atoms with van der Waals surface area (Å²) in [5, 5.41) is 3.24. The summed E-state index contributed by atoms with van der Waals surface area (Å²) in [4.78, 5) is 18.5. The van der Waals surface area contributed by atoms with Gasteiger partial charge in [0.25, 0.3) is 0 Å². The number of nitrogens with one attached hydrogen (secondary N) is 1. The van der Waals surface area contributed by atoms with Crippen molar-refractivity contribution in [1.29, 1.82) is 0 Å². The van der Waals surface area contributed by atoms with Gasteiger partial charge < -0.3 is 18.9 Å². The van der Waals surface area contributed by atoms with Gasteiger partial charge in [0.15, 0.2) is 0 Å². The summed E-state index contributed by atoms with van der Waals surface area (Å²) in [7, 11) is 0. The average molecular weight is 511 g/mol. The smallest absolute Gasteiger partial charge is 0.411 e. The zero-order chi connectivity index (χ0) is 25.6. The molecular weight excluding hydrogens is 478 g/mol. The summed E-state index contributed by atoms with van der Waals surface area (Å²) in [6, 6.07) is 13.3. The summed E-state index contributed by atoms with van der Waals surface area (Å²) >= 11 is 0. The fourth-order valence-electron chi connectivity index (χ4n) is 5.02. The van der Waals surface area contributed by atoms with E-state index in [0.29, 0.717) is 43.6 Å². The van der Waals surface area contributed by atoms with Gasteiger partial charge in [-0.15, -0.1) is 0 Å². The fraction of sp³-hybridized carbons (Fsp3) is 0.429. The maximum absolute atomic E-state index is 14.6. The van der Waals surface area contributed by atoms with Crippen molar-refractivity contribution >= 4 is 6.09 Å². The number of hydrogen-bond donors (Lipinski definition) is 1. The number of halogens is 2. The van der Waals surface area contributed by atoms with E-state index in [9.17, 15) is 13.6 Å². The van der Waals surface area contributed by atoms with E-state index in [4.69, 9.17) is 14.5 Å². The number of benzene rings is 2. The zero-order valence-electron chi connectivity index (χ0n) is 20.7. The number of ether oxygens (including phenoxy) is 2. The second kappa shape index (κ2) is 11.8. The molecule has 2 aromatic carbocycles. The Hall–Kier alpha value is -3.30. The first-order chi connectivity index (χ1) is 18.1. The van der Waals surface area contributed by atoms with E-state index >= 15 is 0 Å². The molecule has 196 valence electrons. The van der Waals surface area contributed by atoms with Crippen LogP contribution in [0.4, 0.5) is 13.6 Å². The number of imidazole rings is 1. The third-order valence-corrected chi connectivity index (χ3v) is 6.98. The zero-order valence-corrected chi connectivity index (χ0v) is 20.7. The van der Waals surface area contributed by atoms with Crippen LogP contribution >= 0.6 is 0 Å². The van der Waals surface area contributed by atoms with Crippen molar-refractivity contribution in [2.45, 2.75) is 38.3 Å². The number of carbonyl (C=O) groups is 1. The van der Waals surface area contributed by atoms with Gasteiger partial charge in [0, 0.05) is 44.5 Å². The van der Waals surface area contributed by atoms with Crippen molar-refractivity contribution in [3.05, 3.63) is 77.8 Å². The summed E-state index contributed by atoms with van der Waals surface area (Å²) < 4.78 is 41.9. The maximum Gasteiger partial charge on any atom is 0.411 e. The molecule has 0 saturated carbocycles. The number of amides is 1. The largest absolute Gasteiger partial charge is 0.433 e. The normalized spacial score (nSPS) is 19.8. The predicted molar refractivity (Wildman–Crippen MR) is 135 cm³/mol. The second-order valence-electron chi connectivity index (χ2n) is 9.67. The number of aromatic nitrogens is 2. The van der Waals surface area contributed by atoms with E-state index in [1.54, 1.807) is 11.1 Å². The number of hydrogen-bond acceptors (Lipinski definition) is 5. The molecule has 37 heavy (non-hydrogen) atoms. The van der Waals surface area contributed by atoms with E-state index in [1.807, 2.05) is 34.9 Å². The summed E-state index contributed by atoms with van der Waals surface area (Å²) in [5.74, 6) is -0.0541. The van der Waals surface area contributed by atoms with Crippen LogP contribution in [0.5, 0.6) is 0 Å². The lowest BCUT2D eigenvalue weighted by atomic mass is 9.95. The van der Waals surface area contributed by atoms with Gasteiger partial charge >= 0.3 is 6.09 Å². The maximum atomic E-state index is 14.6. The quantitative estimate of drug-likeness (QED) is 0.336. The van der Waals surface area contributed by atoms with Gasteiger partial charge in [-0.1, -0.05) is 30.3 Å². The third-order valence-electron chi connectivity index (χ3n) is 6.98. The molecule has 2 fully saturated rings. The fourth-order valence-corrected chi connectivity index (χ4v) is 5.02.